The van der Waals surface area contributed by atoms with Crippen LogP contribution in [0, 0.1) is 0 Å². The third-order valence-electron chi connectivity index (χ3n) is 3.37. The minimum absolute atomic E-state index is 0.643. The van der Waals surface area contributed by atoms with E-state index in [4.69, 9.17) is 0 Å². The summed E-state index contributed by atoms with van der Waals surface area (Å²) in [5, 5.41) is 19.6. The van der Waals surface area contributed by atoms with Crippen molar-refractivity contribution in [2.75, 3.05) is 31.8 Å². The molecule has 0 radical (unpaired) electrons. The number of rotatable bonds is 3. The lowest BCUT2D eigenvalue weighted by Gasteiger charge is -2.20. The summed E-state index contributed by atoms with van der Waals surface area (Å²) in [4.78, 5) is 0. The van der Waals surface area contributed by atoms with Crippen molar-refractivity contribution in [1.29, 1.82) is 0 Å². The number of hydrogen-bond donors (Lipinski definition) is 4. The molecule has 0 bridgehead atoms. The second-order valence-electron chi connectivity index (χ2n) is 4.25. The average Bonchev–Trinajstić information content (AvgIpc) is 2.66. The lowest BCUT2D eigenvalue weighted by Crippen LogP contribution is -2.43. The molecule has 0 fully saturated rings. The predicted octanol–water partition coefficient (Wildman–Crippen LogP) is 0.777. The first-order chi connectivity index (χ1) is 7.63. The number of nitrogens with one attached hydrogen (secondary N) is 3. The Kier molecular flexibility index (Phi) is 2.78. The highest BCUT2D eigenvalue weighted by atomic mass is 16.3. The largest absolute Gasteiger partial charge is 0.388 e. The molecule has 1 aromatic rings. The summed E-state index contributed by atoms with van der Waals surface area (Å²) in [7, 11) is 5.61. The number of benzene rings is 1. The van der Waals surface area contributed by atoms with Crippen molar-refractivity contribution < 1.29 is 5.11 Å². The summed E-state index contributed by atoms with van der Waals surface area (Å²) in [5.74, 6) is 0. The summed E-state index contributed by atoms with van der Waals surface area (Å²) >= 11 is 0. The zero-order valence-electron chi connectivity index (χ0n) is 10.0. The molecule has 4 nitrogen and oxygen atoms in total. The predicted molar refractivity (Wildman–Crippen MR) is 67.0 cm³/mol. The van der Waals surface area contributed by atoms with Crippen molar-refractivity contribution in [3.8, 4) is 0 Å². The standard InChI is InChI=1S/C12H19N3O/c1-13-10-4-5-11(14-2)9-7-12(16,15-3)6-8(9)10/h4-5,13-16H,6-7H2,1-3H3. The molecule has 0 saturated heterocycles. The summed E-state index contributed by atoms with van der Waals surface area (Å²) in [5.41, 5.74) is 3.79. The molecule has 1 aromatic carbocycles. The topological polar surface area (TPSA) is 56.3 Å². The molecule has 0 amide bonds. The molecule has 4 heteroatoms. The Morgan fingerprint density at radius 1 is 1.00 bits per heavy atom. The van der Waals surface area contributed by atoms with E-state index in [1.54, 1.807) is 7.05 Å². The molecule has 4 N–H and O–H groups in total. The molecule has 88 valence electrons. The number of aliphatic hydroxyl groups is 1. The van der Waals surface area contributed by atoms with E-state index in [0.717, 1.165) is 11.4 Å². The molecule has 16 heavy (non-hydrogen) atoms. The first-order valence-electron chi connectivity index (χ1n) is 5.55. The number of anilines is 2. The van der Waals surface area contributed by atoms with Crippen molar-refractivity contribution in [1.82, 2.24) is 5.32 Å². The van der Waals surface area contributed by atoms with E-state index < -0.39 is 5.72 Å². The van der Waals surface area contributed by atoms with Gasteiger partial charge in [-0.2, -0.15) is 0 Å². The highest BCUT2D eigenvalue weighted by Crippen LogP contribution is 2.37. The smallest absolute Gasteiger partial charge is 0.124 e. The van der Waals surface area contributed by atoms with Gasteiger partial charge in [0.05, 0.1) is 0 Å². The quantitative estimate of drug-likeness (QED) is 0.570. The van der Waals surface area contributed by atoms with Gasteiger partial charge in [0, 0.05) is 38.3 Å². The van der Waals surface area contributed by atoms with E-state index in [9.17, 15) is 5.11 Å². The lowest BCUT2D eigenvalue weighted by molar-refractivity contribution is 0.0238. The summed E-state index contributed by atoms with van der Waals surface area (Å²) in [6, 6.07) is 4.10. The minimum Gasteiger partial charge on any atom is -0.388 e. The van der Waals surface area contributed by atoms with E-state index in [0.29, 0.717) is 12.8 Å². The van der Waals surface area contributed by atoms with Crippen LogP contribution in [0.5, 0.6) is 0 Å². The van der Waals surface area contributed by atoms with Gasteiger partial charge in [-0.3, -0.25) is 5.32 Å². The molecule has 1 aliphatic rings. The van der Waals surface area contributed by atoms with E-state index in [1.807, 2.05) is 26.2 Å². The van der Waals surface area contributed by atoms with Crippen molar-refractivity contribution >= 4 is 11.4 Å². The van der Waals surface area contributed by atoms with Crippen LogP contribution >= 0.6 is 0 Å². The maximum atomic E-state index is 10.3. The van der Waals surface area contributed by atoms with Crippen LogP contribution in [0.25, 0.3) is 0 Å². The highest BCUT2D eigenvalue weighted by molar-refractivity contribution is 5.68. The zero-order valence-corrected chi connectivity index (χ0v) is 10.0. The maximum absolute atomic E-state index is 10.3. The first-order valence-corrected chi connectivity index (χ1v) is 5.55. The molecule has 1 aliphatic carbocycles. The number of likely N-dealkylation sites (N-methyl/N-ethyl adjacent to an activating group) is 1. The fourth-order valence-corrected chi connectivity index (χ4v) is 2.39. The van der Waals surface area contributed by atoms with Crippen LogP contribution in [0.3, 0.4) is 0 Å². The molecule has 0 atom stereocenters. The highest BCUT2D eigenvalue weighted by Gasteiger charge is 2.36. The van der Waals surface area contributed by atoms with Gasteiger partial charge < -0.3 is 15.7 Å². The Bertz CT molecular complexity index is 370. The van der Waals surface area contributed by atoms with Crippen molar-refractivity contribution in [2.45, 2.75) is 18.6 Å². The summed E-state index contributed by atoms with van der Waals surface area (Å²) in [6.45, 7) is 0. The van der Waals surface area contributed by atoms with Crippen LogP contribution in [0.1, 0.15) is 11.1 Å². The Hall–Kier alpha value is -1.26. The Labute approximate surface area is 96.1 Å². The Balaban J connectivity index is 2.48. The van der Waals surface area contributed by atoms with E-state index in [2.05, 4.69) is 16.0 Å². The van der Waals surface area contributed by atoms with Gasteiger partial charge in [0.1, 0.15) is 5.72 Å². The third kappa shape index (κ3) is 1.64. The van der Waals surface area contributed by atoms with Crippen LogP contribution in [0.15, 0.2) is 12.1 Å². The molecule has 0 saturated carbocycles. The normalized spacial score (nSPS) is 17.0. The molecule has 0 spiro atoms. The summed E-state index contributed by atoms with van der Waals surface area (Å²) < 4.78 is 0. The van der Waals surface area contributed by atoms with E-state index >= 15 is 0 Å². The fourth-order valence-electron chi connectivity index (χ4n) is 2.39. The second kappa shape index (κ2) is 3.96. The van der Waals surface area contributed by atoms with Gasteiger partial charge in [0.2, 0.25) is 0 Å². The molecule has 2 rings (SSSR count). The average molecular weight is 221 g/mol. The third-order valence-corrected chi connectivity index (χ3v) is 3.37. The maximum Gasteiger partial charge on any atom is 0.124 e. The van der Waals surface area contributed by atoms with Crippen LogP contribution in [-0.2, 0) is 12.8 Å². The molecular formula is C12H19N3O. The first kappa shape index (κ1) is 11.2. The minimum atomic E-state index is -0.805. The van der Waals surface area contributed by atoms with Gasteiger partial charge in [-0.1, -0.05) is 0 Å². The Morgan fingerprint density at radius 3 is 1.75 bits per heavy atom. The fraction of sp³-hybridized carbons (Fsp3) is 0.500. The zero-order chi connectivity index (χ0) is 11.8. The van der Waals surface area contributed by atoms with Crippen LogP contribution in [0.2, 0.25) is 0 Å². The second-order valence-corrected chi connectivity index (χ2v) is 4.25. The van der Waals surface area contributed by atoms with Gasteiger partial charge in [0.25, 0.3) is 0 Å². The van der Waals surface area contributed by atoms with Gasteiger partial charge in [-0.05, 0) is 30.3 Å². The number of fused-ring (bicyclic) bond motifs is 1. The molecular weight excluding hydrogens is 202 g/mol. The van der Waals surface area contributed by atoms with Crippen LogP contribution < -0.4 is 16.0 Å². The van der Waals surface area contributed by atoms with Crippen LogP contribution in [0.4, 0.5) is 11.4 Å². The number of hydrogen-bond acceptors (Lipinski definition) is 4. The van der Waals surface area contributed by atoms with Gasteiger partial charge in [-0.15, -0.1) is 0 Å². The van der Waals surface area contributed by atoms with Gasteiger partial charge in [-0.25, -0.2) is 0 Å². The monoisotopic (exact) mass is 221 g/mol. The van der Waals surface area contributed by atoms with Gasteiger partial charge >= 0.3 is 0 Å². The van der Waals surface area contributed by atoms with E-state index in [-0.39, 0.29) is 0 Å². The molecule has 0 aliphatic heterocycles. The van der Waals surface area contributed by atoms with Gasteiger partial charge in [0.15, 0.2) is 0 Å². The van der Waals surface area contributed by atoms with E-state index in [1.165, 1.54) is 11.1 Å². The lowest BCUT2D eigenvalue weighted by atomic mass is 10.1. The van der Waals surface area contributed by atoms with Crippen molar-refractivity contribution in [3.05, 3.63) is 23.3 Å². The van der Waals surface area contributed by atoms with Crippen molar-refractivity contribution in [3.63, 3.8) is 0 Å². The van der Waals surface area contributed by atoms with Crippen molar-refractivity contribution in [2.24, 2.45) is 0 Å². The van der Waals surface area contributed by atoms with Crippen LogP contribution in [-0.4, -0.2) is 32.0 Å². The molecule has 0 aromatic heterocycles. The summed E-state index contributed by atoms with van der Waals surface area (Å²) in [6.07, 6.45) is 1.29. The Morgan fingerprint density at radius 2 is 1.44 bits per heavy atom. The molecule has 0 unspecified atom stereocenters. The SMILES string of the molecule is CNc1ccc(NC)c2c1CC(O)(NC)C2. The molecule has 0 heterocycles.